The Morgan fingerprint density at radius 3 is 2.46 bits per heavy atom. The second-order valence-corrected chi connectivity index (χ2v) is 6.69. The van der Waals surface area contributed by atoms with Crippen molar-refractivity contribution in [3.8, 4) is 17.3 Å². The van der Waals surface area contributed by atoms with Crippen LogP contribution in [0.3, 0.4) is 0 Å². The number of aryl methyl sites for hydroxylation is 2. The van der Waals surface area contributed by atoms with E-state index in [-0.39, 0.29) is 5.56 Å². The molecule has 0 aliphatic rings. The standard InChI is InChI=1S/C20H26N4O2/c1-7-14(8-2)16-11-12(3)24-18(16)20(25)23(5)19(22-24)15-9-10-17(26-6)21-13(15)4/h9-11,14H,7-8H2,1-6H3. The summed E-state index contributed by atoms with van der Waals surface area (Å²) in [5.74, 6) is 1.51. The monoisotopic (exact) mass is 354 g/mol. The average molecular weight is 354 g/mol. The summed E-state index contributed by atoms with van der Waals surface area (Å²) >= 11 is 0. The van der Waals surface area contributed by atoms with Crippen molar-refractivity contribution in [1.82, 2.24) is 19.2 Å². The number of hydrogen-bond acceptors (Lipinski definition) is 4. The van der Waals surface area contributed by atoms with Crippen LogP contribution in [0, 0.1) is 13.8 Å². The van der Waals surface area contributed by atoms with Crippen molar-refractivity contribution in [1.29, 1.82) is 0 Å². The lowest BCUT2D eigenvalue weighted by Crippen LogP contribution is -2.24. The molecule has 0 unspecified atom stereocenters. The zero-order valence-corrected chi connectivity index (χ0v) is 16.3. The summed E-state index contributed by atoms with van der Waals surface area (Å²) in [7, 11) is 3.36. The Bertz CT molecular complexity index is 1010. The fourth-order valence-corrected chi connectivity index (χ4v) is 3.58. The van der Waals surface area contributed by atoms with Crippen LogP contribution in [-0.2, 0) is 7.05 Å². The number of fused-ring (bicyclic) bond motifs is 1. The molecule has 0 saturated heterocycles. The fraction of sp³-hybridized carbons (Fsp3) is 0.450. The minimum absolute atomic E-state index is 0.0276. The number of hydrogen-bond donors (Lipinski definition) is 0. The molecule has 0 amide bonds. The topological polar surface area (TPSA) is 61.4 Å². The summed E-state index contributed by atoms with van der Waals surface area (Å²) in [5.41, 5.74) is 4.32. The highest BCUT2D eigenvalue weighted by atomic mass is 16.5. The molecule has 3 aromatic heterocycles. The predicted molar refractivity (Wildman–Crippen MR) is 103 cm³/mol. The van der Waals surface area contributed by atoms with Gasteiger partial charge in [0.15, 0.2) is 5.82 Å². The third kappa shape index (κ3) is 2.79. The van der Waals surface area contributed by atoms with Crippen LogP contribution in [0.2, 0.25) is 0 Å². The number of pyridine rings is 1. The molecule has 3 aromatic rings. The molecule has 0 aromatic carbocycles. The molecule has 0 spiro atoms. The highest BCUT2D eigenvalue weighted by Crippen LogP contribution is 2.29. The van der Waals surface area contributed by atoms with Crippen molar-refractivity contribution in [3.05, 3.63) is 45.5 Å². The Morgan fingerprint density at radius 1 is 1.19 bits per heavy atom. The fourth-order valence-electron chi connectivity index (χ4n) is 3.58. The lowest BCUT2D eigenvalue weighted by molar-refractivity contribution is 0.397. The van der Waals surface area contributed by atoms with E-state index in [1.165, 1.54) is 0 Å². The van der Waals surface area contributed by atoms with E-state index >= 15 is 0 Å². The van der Waals surface area contributed by atoms with Gasteiger partial charge in [0.2, 0.25) is 5.88 Å². The minimum atomic E-state index is -0.0276. The Morgan fingerprint density at radius 2 is 1.88 bits per heavy atom. The summed E-state index contributed by atoms with van der Waals surface area (Å²) in [6, 6.07) is 5.79. The molecule has 26 heavy (non-hydrogen) atoms. The first-order valence-electron chi connectivity index (χ1n) is 9.04. The zero-order valence-electron chi connectivity index (χ0n) is 16.3. The first-order valence-corrected chi connectivity index (χ1v) is 9.04. The summed E-state index contributed by atoms with van der Waals surface area (Å²) in [5, 5.41) is 4.79. The van der Waals surface area contributed by atoms with Crippen LogP contribution < -0.4 is 10.3 Å². The van der Waals surface area contributed by atoms with E-state index in [0.717, 1.165) is 35.4 Å². The van der Waals surface area contributed by atoms with Crippen molar-refractivity contribution in [3.63, 3.8) is 0 Å². The van der Waals surface area contributed by atoms with E-state index in [9.17, 15) is 4.79 Å². The predicted octanol–water partition coefficient (Wildman–Crippen LogP) is 3.62. The van der Waals surface area contributed by atoms with Crippen LogP contribution in [-0.4, -0.2) is 26.3 Å². The Labute approximate surface area is 153 Å². The Kier molecular flexibility index (Phi) is 4.85. The largest absolute Gasteiger partial charge is 0.481 e. The Hall–Kier alpha value is -2.63. The van der Waals surface area contributed by atoms with E-state index in [4.69, 9.17) is 9.84 Å². The highest BCUT2D eigenvalue weighted by molar-refractivity contribution is 5.63. The van der Waals surface area contributed by atoms with Gasteiger partial charge in [-0.3, -0.25) is 9.36 Å². The number of methoxy groups -OCH3 is 1. The van der Waals surface area contributed by atoms with Crippen molar-refractivity contribution >= 4 is 5.52 Å². The van der Waals surface area contributed by atoms with E-state index in [1.54, 1.807) is 29.3 Å². The van der Waals surface area contributed by atoms with Crippen LogP contribution in [0.4, 0.5) is 0 Å². The van der Waals surface area contributed by atoms with Crippen molar-refractivity contribution in [2.45, 2.75) is 46.5 Å². The van der Waals surface area contributed by atoms with E-state index in [2.05, 4.69) is 24.9 Å². The van der Waals surface area contributed by atoms with Gasteiger partial charge in [-0.2, -0.15) is 0 Å². The molecule has 3 rings (SSSR count). The molecule has 138 valence electrons. The van der Waals surface area contributed by atoms with Crippen LogP contribution >= 0.6 is 0 Å². The molecule has 0 atom stereocenters. The van der Waals surface area contributed by atoms with Crippen LogP contribution in [0.25, 0.3) is 16.9 Å². The van der Waals surface area contributed by atoms with Gasteiger partial charge in [-0.1, -0.05) is 13.8 Å². The average Bonchev–Trinajstić information content (AvgIpc) is 2.96. The second-order valence-electron chi connectivity index (χ2n) is 6.69. The molecule has 3 heterocycles. The molecule has 0 saturated carbocycles. The molecule has 6 nitrogen and oxygen atoms in total. The smallest absolute Gasteiger partial charge is 0.278 e. The van der Waals surface area contributed by atoms with Crippen LogP contribution in [0.15, 0.2) is 23.0 Å². The van der Waals surface area contributed by atoms with Gasteiger partial charge in [-0.25, -0.2) is 9.50 Å². The molecule has 0 fully saturated rings. The number of aromatic nitrogens is 4. The highest BCUT2D eigenvalue weighted by Gasteiger charge is 2.21. The molecule has 0 N–H and O–H groups in total. The van der Waals surface area contributed by atoms with E-state index in [0.29, 0.717) is 23.1 Å². The lowest BCUT2D eigenvalue weighted by atomic mass is 9.95. The molecule has 0 aliphatic carbocycles. The molecule has 0 radical (unpaired) electrons. The first-order chi connectivity index (χ1) is 12.4. The van der Waals surface area contributed by atoms with Crippen molar-refractivity contribution < 1.29 is 4.74 Å². The van der Waals surface area contributed by atoms with Gasteiger partial charge in [0, 0.05) is 24.4 Å². The third-order valence-corrected chi connectivity index (χ3v) is 5.14. The van der Waals surface area contributed by atoms with Crippen molar-refractivity contribution in [2.24, 2.45) is 7.05 Å². The molecule has 6 heteroatoms. The third-order valence-electron chi connectivity index (χ3n) is 5.14. The minimum Gasteiger partial charge on any atom is -0.481 e. The van der Waals surface area contributed by atoms with Gasteiger partial charge in [-0.05, 0) is 50.3 Å². The maximum Gasteiger partial charge on any atom is 0.278 e. The SMILES string of the molecule is CCC(CC)c1cc(C)n2nc(-c3ccc(OC)nc3C)n(C)c(=O)c12. The van der Waals surface area contributed by atoms with Gasteiger partial charge in [0.25, 0.3) is 5.56 Å². The van der Waals surface area contributed by atoms with Gasteiger partial charge in [-0.15, -0.1) is 5.10 Å². The molecule has 0 aliphatic heterocycles. The second kappa shape index (κ2) is 6.94. The first kappa shape index (κ1) is 18.2. The zero-order chi connectivity index (χ0) is 19.0. The summed E-state index contributed by atoms with van der Waals surface area (Å²) in [6.45, 7) is 8.21. The number of nitrogens with zero attached hydrogens (tertiary/aromatic N) is 4. The van der Waals surface area contributed by atoms with Crippen molar-refractivity contribution in [2.75, 3.05) is 7.11 Å². The van der Waals surface area contributed by atoms with Gasteiger partial charge in [0.1, 0.15) is 5.52 Å². The number of rotatable bonds is 5. The van der Waals surface area contributed by atoms with E-state index in [1.807, 2.05) is 19.9 Å². The molecule has 0 bridgehead atoms. The van der Waals surface area contributed by atoms with Gasteiger partial charge < -0.3 is 4.74 Å². The van der Waals surface area contributed by atoms with Crippen LogP contribution in [0.1, 0.15) is 49.6 Å². The maximum atomic E-state index is 13.2. The molecular weight excluding hydrogens is 328 g/mol. The van der Waals surface area contributed by atoms with Gasteiger partial charge >= 0.3 is 0 Å². The Balaban J connectivity index is 2.30. The normalized spacial score (nSPS) is 11.5. The van der Waals surface area contributed by atoms with E-state index < -0.39 is 0 Å². The quantitative estimate of drug-likeness (QED) is 0.702. The summed E-state index contributed by atoms with van der Waals surface area (Å²) < 4.78 is 8.59. The number of ether oxygens (including phenoxy) is 1. The molecular formula is C20H26N4O2. The summed E-state index contributed by atoms with van der Waals surface area (Å²) in [6.07, 6.45) is 2.00. The van der Waals surface area contributed by atoms with Gasteiger partial charge in [0.05, 0.1) is 12.8 Å². The maximum absolute atomic E-state index is 13.2. The lowest BCUT2D eigenvalue weighted by Gasteiger charge is -2.14. The van der Waals surface area contributed by atoms with Crippen LogP contribution in [0.5, 0.6) is 5.88 Å². The summed E-state index contributed by atoms with van der Waals surface area (Å²) in [4.78, 5) is 17.6.